The van der Waals surface area contributed by atoms with Crippen LogP contribution in [0.2, 0.25) is 0 Å². The Hall–Kier alpha value is -1.70. The summed E-state index contributed by atoms with van der Waals surface area (Å²) in [5.74, 6) is -0.527. The van der Waals surface area contributed by atoms with Gasteiger partial charge in [-0.2, -0.15) is 0 Å². The van der Waals surface area contributed by atoms with E-state index in [0.29, 0.717) is 23.2 Å². The molecule has 1 aliphatic carbocycles. The van der Waals surface area contributed by atoms with E-state index in [1.54, 1.807) is 0 Å². The first-order valence-electron chi connectivity index (χ1n) is 6.65. The van der Waals surface area contributed by atoms with Crippen molar-refractivity contribution in [1.29, 1.82) is 0 Å². The molecule has 7 nitrogen and oxygen atoms in total. The largest absolute Gasteiger partial charge is 0.480 e. The van der Waals surface area contributed by atoms with Gasteiger partial charge in [-0.1, -0.05) is 6.92 Å². The molecule has 0 bridgehead atoms. The van der Waals surface area contributed by atoms with Gasteiger partial charge in [-0.25, -0.2) is 9.78 Å². The number of aliphatic carboxylic acids is 1. The van der Waals surface area contributed by atoms with Crippen LogP contribution in [-0.4, -0.2) is 26.5 Å². The average molecular weight is 358 g/mol. The molecule has 1 aliphatic rings. The zero-order valence-corrected chi connectivity index (χ0v) is 13.1. The summed E-state index contributed by atoms with van der Waals surface area (Å²) in [6.07, 6.45) is 3.81. The Bertz CT molecular complexity index is 571. The molecule has 114 valence electrons. The number of nitro groups is 1. The van der Waals surface area contributed by atoms with E-state index in [1.807, 2.05) is 0 Å². The summed E-state index contributed by atoms with van der Waals surface area (Å²) in [6.45, 7) is 2.08. The van der Waals surface area contributed by atoms with E-state index >= 15 is 0 Å². The molecular weight excluding hydrogens is 342 g/mol. The number of nitrogens with one attached hydrogen (secondary N) is 1. The van der Waals surface area contributed by atoms with Crippen LogP contribution in [0.4, 0.5) is 11.5 Å². The van der Waals surface area contributed by atoms with Crippen LogP contribution in [0.1, 0.15) is 32.6 Å². The van der Waals surface area contributed by atoms with E-state index in [9.17, 15) is 20.0 Å². The van der Waals surface area contributed by atoms with E-state index < -0.39 is 16.4 Å². The lowest BCUT2D eigenvalue weighted by Gasteiger charge is -2.36. The predicted molar refractivity (Wildman–Crippen MR) is 80.2 cm³/mol. The first-order valence-corrected chi connectivity index (χ1v) is 7.45. The standard InChI is InChI=1S/C13H16BrN3O4/c1-8-2-4-13(5-3-8,12(18)19)16-11-10(17(20)21)6-9(14)7-15-11/h6-8H,2-5H2,1H3,(H,15,16)(H,18,19). The number of aromatic nitrogens is 1. The van der Waals surface area contributed by atoms with Gasteiger partial charge in [-0.15, -0.1) is 0 Å². The molecule has 2 rings (SSSR count). The maximum atomic E-state index is 11.7. The molecule has 0 saturated heterocycles. The van der Waals surface area contributed by atoms with E-state index in [4.69, 9.17) is 0 Å². The Labute approximate surface area is 130 Å². The molecule has 0 atom stereocenters. The lowest BCUT2D eigenvalue weighted by molar-refractivity contribution is -0.384. The summed E-state index contributed by atoms with van der Waals surface area (Å²) in [5.41, 5.74) is -1.42. The van der Waals surface area contributed by atoms with Crippen molar-refractivity contribution in [3.8, 4) is 0 Å². The van der Waals surface area contributed by atoms with Gasteiger partial charge in [-0.05, 0) is 47.5 Å². The Morgan fingerprint density at radius 3 is 2.71 bits per heavy atom. The van der Waals surface area contributed by atoms with Gasteiger partial charge in [0, 0.05) is 16.7 Å². The molecule has 0 aromatic carbocycles. The first-order chi connectivity index (χ1) is 9.84. The summed E-state index contributed by atoms with van der Waals surface area (Å²) in [4.78, 5) is 26.2. The van der Waals surface area contributed by atoms with E-state index in [1.165, 1.54) is 12.3 Å². The number of hydrogen-bond acceptors (Lipinski definition) is 5. The Morgan fingerprint density at radius 2 is 2.19 bits per heavy atom. The van der Waals surface area contributed by atoms with Crippen molar-refractivity contribution >= 4 is 33.4 Å². The Kier molecular flexibility index (Phi) is 4.46. The van der Waals surface area contributed by atoms with Gasteiger partial charge in [0.2, 0.25) is 5.82 Å². The van der Waals surface area contributed by atoms with Crippen LogP contribution >= 0.6 is 15.9 Å². The van der Waals surface area contributed by atoms with Gasteiger partial charge in [0.15, 0.2) is 0 Å². The lowest BCUT2D eigenvalue weighted by atomic mass is 9.77. The van der Waals surface area contributed by atoms with Crippen LogP contribution in [0.3, 0.4) is 0 Å². The third-order valence-electron chi connectivity index (χ3n) is 3.93. The molecule has 0 radical (unpaired) electrons. The Balaban J connectivity index is 2.34. The monoisotopic (exact) mass is 357 g/mol. The maximum absolute atomic E-state index is 11.7. The molecule has 1 aromatic rings. The molecule has 1 fully saturated rings. The van der Waals surface area contributed by atoms with Gasteiger partial charge >= 0.3 is 11.7 Å². The Morgan fingerprint density at radius 1 is 1.57 bits per heavy atom. The minimum atomic E-state index is -1.18. The summed E-state index contributed by atoms with van der Waals surface area (Å²) in [7, 11) is 0. The van der Waals surface area contributed by atoms with Gasteiger partial charge in [-0.3, -0.25) is 10.1 Å². The number of anilines is 1. The number of pyridine rings is 1. The second kappa shape index (κ2) is 5.97. The van der Waals surface area contributed by atoms with Crippen LogP contribution in [-0.2, 0) is 4.79 Å². The van der Waals surface area contributed by atoms with Crippen LogP contribution in [0.25, 0.3) is 0 Å². The normalized spacial score (nSPS) is 25.3. The highest BCUT2D eigenvalue weighted by Gasteiger charge is 2.42. The minimum absolute atomic E-state index is 0.000142. The highest BCUT2D eigenvalue weighted by molar-refractivity contribution is 9.10. The molecule has 8 heteroatoms. The third kappa shape index (κ3) is 3.31. The van der Waals surface area contributed by atoms with Crippen molar-refractivity contribution < 1.29 is 14.8 Å². The number of carbonyl (C=O) groups is 1. The molecule has 0 amide bonds. The molecule has 2 N–H and O–H groups in total. The van der Waals surface area contributed by atoms with Crippen LogP contribution in [0.15, 0.2) is 16.7 Å². The number of hydrogen-bond donors (Lipinski definition) is 2. The third-order valence-corrected chi connectivity index (χ3v) is 4.36. The molecule has 1 aromatic heterocycles. The smallest absolute Gasteiger partial charge is 0.329 e. The number of halogens is 1. The van der Waals surface area contributed by atoms with Crippen LogP contribution in [0, 0.1) is 16.0 Å². The van der Waals surface area contributed by atoms with Gasteiger partial charge in [0.05, 0.1) is 4.92 Å². The zero-order valence-electron chi connectivity index (χ0n) is 11.5. The fourth-order valence-electron chi connectivity index (χ4n) is 2.54. The van der Waals surface area contributed by atoms with Crippen molar-refractivity contribution in [3.05, 3.63) is 26.9 Å². The summed E-state index contributed by atoms with van der Waals surface area (Å²) >= 11 is 3.13. The highest BCUT2D eigenvalue weighted by atomic mass is 79.9. The molecule has 0 spiro atoms. The fraction of sp³-hybridized carbons (Fsp3) is 0.538. The van der Waals surface area contributed by atoms with Crippen LogP contribution in [0.5, 0.6) is 0 Å². The van der Waals surface area contributed by atoms with Gasteiger partial charge in [0.1, 0.15) is 5.54 Å². The highest BCUT2D eigenvalue weighted by Crippen LogP contribution is 2.37. The van der Waals surface area contributed by atoms with Gasteiger partial charge < -0.3 is 10.4 Å². The quantitative estimate of drug-likeness (QED) is 0.633. The van der Waals surface area contributed by atoms with E-state index in [2.05, 4.69) is 33.2 Å². The summed E-state index contributed by atoms with van der Waals surface area (Å²) in [5, 5.41) is 23.5. The number of carboxylic acids is 1. The predicted octanol–water partition coefficient (Wildman–Crippen LogP) is 3.20. The van der Waals surface area contributed by atoms with Crippen molar-refractivity contribution in [1.82, 2.24) is 4.98 Å². The van der Waals surface area contributed by atoms with E-state index in [0.717, 1.165) is 12.8 Å². The number of rotatable bonds is 4. The lowest BCUT2D eigenvalue weighted by Crippen LogP contribution is -2.49. The summed E-state index contributed by atoms with van der Waals surface area (Å²) < 4.78 is 0.474. The second-order valence-electron chi connectivity index (χ2n) is 5.47. The summed E-state index contributed by atoms with van der Waals surface area (Å²) in [6, 6.07) is 1.32. The zero-order chi connectivity index (χ0) is 15.6. The SMILES string of the molecule is CC1CCC(Nc2ncc(Br)cc2[N+](=O)[O-])(C(=O)O)CC1. The average Bonchev–Trinajstić information content (AvgIpc) is 2.43. The van der Waals surface area contributed by atoms with Crippen LogP contribution < -0.4 is 5.32 Å². The molecule has 1 saturated carbocycles. The first kappa shape index (κ1) is 15.7. The minimum Gasteiger partial charge on any atom is -0.480 e. The maximum Gasteiger partial charge on any atom is 0.329 e. The number of carboxylic acid groups (broad SMARTS) is 1. The second-order valence-corrected chi connectivity index (χ2v) is 6.39. The molecule has 1 heterocycles. The van der Waals surface area contributed by atoms with Crippen molar-refractivity contribution in [3.63, 3.8) is 0 Å². The molecule has 21 heavy (non-hydrogen) atoms. The van der Waals surface area contributed by atoms with E-state index in [-0.39, 0.29) is 11.5 Å². The number of nitrogens with zero attached hydrogens (tertiary/aromatic N) is 2. The van der Waals surface area contributed by atoms with Crippen molar-refractivity contribution in [2.75, 3.05) is 5.32 Å². The van der Waals surface area contributed by atoms with Crippen molar-refractivity contribution in [2.24, 2.45) is 5.92 Å². The van der Waals surface area contributed by atoms with Gasteiger partial charge in [0.25, 0.3) is 0 Å². The molecule has 0 aliphatic heterocycles. The van der Waals surface area contributed by atoms with Crippen molar-refractivity contribution in [2.45, 2.75) is 38.1 Å². The topological polar surface area (TPSA) is 105 Å². The fourth-order valence-corrected chi connectivity index (χ4v) is 2.86. The molecular formula is C13H16BrN3O4. The molecule has 0 unspecified atom stereocenters.